The van der Waals surface area contributed by atoms with Crippen LogP contribution in [0.1, 0.15) is 12.8 Å². The molecule has 0 saturated carbocycles. The van der Waals surface area contributed by atoms with Gasteiger partial charge >= 0.3 is 0 Å². The zero-order valence-electron chi connectivity index (χ0n) is 14.6. The van der Waals surface area contributed by atoms with Gasteiger partial charge in [0.05, 0.1) is 12.6 Å². The van der Waals surface area contributed by atoms with Gasteiger partial charge < -0.3 is 15.4 Å². The van der Waals surface area contributed by atoms with Gasteiger partial charge in [-0.3, -0.25) is 0 Å². The molecule has 4 rings (SSSR count). The number of anilines is 3. The van der Waals surface area contributed by atoms with Gasteiger partial charge in [0.2, 0.25) is 0 Å². The zero-order valence-corrected chi connectivity index (χ0v) is 14.6. The molecule has 26 heavy (non-hydrogen) atoms. The van der Waals surface area contributed by atoms with E-state index >= 15 is 0 Å². The molecular weight excluding hydrogens is 324 g/mol. The molecule has 1 aromatic heterocycles. The molecule has 0 spiro atoms. The van der Waals surface area contributed by atoms with Crippen molar-refractivity contribution in [1.29, 1.82) is 0 Å². The van der Waals surface area contributed by atoms with Crippen molar-refractivity contribution in [2.24, 2.45) is 0 Å². The van der Waals surface area contributed by atoms with Crippen LogP contribution in [0.2, 0.25) is 0 Å². The monoisotopic (exact) mass is 346 g/mol. The molecular formula is C21H22N4O. The van der Waals surface area contributed by atoms with Crippen molar-refractivity contribution in [2.75, 3.05) is 23.8 Å². The second kappa shape index (κ2) is 7.97. The highest BCUT2D eigenvalue weighted by Crippen LogP contribution is 2.23. The molecule has 2 aromatic carbocycles. The van der Waals surface area contributed by atoms with Crippen LogP contribution in [-0.4, -0.2) is 29.2 Å². The highest BCUT2D eigenvalue weighted by atomic mass is 16.5. The second-order valence-corrected chi connectivity index (χ2v) is 6.38. The van der Waals surface area contributed by atoms with E-state index < -0.39 is 0 Å². The second-order valence-electron chi connectivity index (χ2n) is 6.38. The Bertz CT molecular complexity index is 833. The van der Waals surface area contributed by atoms with Crippen molar-refractivity contribution in [2.45, 2.75) is 18.9 Å². The Kier molecular flexibility index (Phi) is 5.07. The number of hydrogen-bond acceptors (Lipinski definition) is 5. The van der Waals surface area contributed by atoms with Crippen LogP contribution in [0.3, 0.4) is 0 Å². The molecule has 1 atom stereocenters. The predicted octanol–water partition coefficient (Wildman–Crippen LogP) is 4.48. The fourth-order valence-electron chi connectivity index (χ4n) is 3.03. The van der Waals surface area contributed by atoms with E-state index in [2.05, 4.69) is 10.6 Å². The van der Waals surface area contributed by atoms with Crippen molar-refractivity contribution in [3.05, 3.63) is 66.7 Å². The maximum absolute atomic E-state index is 5.57. The summed E-state index contributed by atoms with van der Waals surface area (Å²) in [6, 6.07) is 22.3. The van der Waals surface area contributed by atoms with Gasteiger partial charge in [0, 0.05) is 23.9 Å². The largest absolute Gasteiger partial charge is 0.379 e. The topological polar surface area (TPSA) is 59.1 Å². The number of benzene rings is 2. The fraction of sp³-hybridized carbons (Fsp3) is 0.238. The van der Waals surface area contributed by atoms with Gasteiger partial charge in [-0.05, 0) is 25.0 Å². The fourth-order valence-corrected chi connectivity index (χ4v) is 3.03. The van der Waals surface area contributed by atoms with Crippen LogP contribution in [0.15, 0.2) is 66.7 Å². The average Bonchev–Trinajstić information content (AvgIpc) is 2.70. The normalized spacial score (nSPS) is 16.8. The molecule has 1 saturated heterocycles. The van der Waals surface area contributed by atoms with Crippen LogP contribution in [0, 0.1) is 0 Å². The molecule has 3 aromatic rings. The van der Waals surface area contributed by atoms with Crippen LogP contribution >= 0.6 is 0 Å². The van der Waals surface area contributed by atoms with Crippen molar-refractivity contribution in [3.8, 4) is 11.4 Å². The number of ether oxygens (including phenoxy) is 1. The van der Waals surface area contributed by atoms with Gasteiger partial charge in [-0.2, -0.15) is 0 Å². The smallest absolute Gasteiger partial charge is 0.163 e. The number of para-hydroxylation sites is 1. The molecule has 5 heteroatoms. The molecule has 0 amide bonds. The number of rotatable bonds is 5. The summed E-state index contributed by atoms with van der Waals surface area (Å²) in [4.78, 5) is 9.42. The summed E-state index contributed by atoms with van der Waals surface area (Å²) in [5, 5.41) is 6.87. The van der Waals surface area contributed by atoms with E-state index in [1.54, 1.807) is 0 Å². The molecule has 1 aliphatic heterocycles. The highest BCUT2D eigenvalue weighted by molar-refractivity contribution is 5.65. The first kappa shape index (κ1) is 16.5. The summed E-state index contributed by atoms with van der Waals surface area (Å²) in [7, 11) is 0. The zero-order chi connectivity index (χ0) is 17.6. The molecule has 1 aliphatic rings. The molecule has 5 nitrogen and oxygen atoms in total. The standard InChI is InChI=1S/C21H22N4O/c1-3-8-16(9-4-1)21-24-19(22-17-10-5-2-6-11-17)14-20(25-21)23-18-12-7-13-26-15-18/h1-6,8-11,14,18H,7,12-13,15H2,(H2,22,23,24,25). The van der Waals surface area contributed by atoms with E-state index in [0.717, 1.165) is 42.3 Å². The van der Waals surface area contributed by atoms with E-state index in [0.29, 0.717) is 12.4 Å². The van der Waals surface area contributed by atoms with Crippen molar-refractivity contribution < 1.29 is 4.74 Å². The molecule has 1 unspecified atom stereocenters. The Morgan fingerprint density at radius 2 is 1.62 bits per heavy atom. The summed E-state index contributed by atoms with van der Waals surface area (Å²) in [6.45, 7) is 1.56. The lowest BCUT2D eigenvalue weighted by Gasteiger charge is -2.24. The minimum atomic E-state index is 0.284. The number of hydrogen-bond donors (Lipinski definition) is 2. The third-order valence-electron chi connectivity index (χ3n) is 4.32. The minimum absolute atomic E-state index is 0.284. The Morgan fingerprint density at radius 1 is 0.885 bits per heavy atom. The third-order valence-corrected chi connectivity index (χ3v) is 4.32. The van der Waals surface area contributed by atoms with Gasteiger partial charge in [-0.25, -0.2) is 9.97 Å². The van der Waals surface area contributed by atoms with E-state index in [4.69, 9.17) is 14.7 Å². The van der Waals surface area contributed by atoms with E-state index in [1.165, 1.54) is 0 Å². The van der Waals surface area contributed by atoms with Gasteiger partial charge in [0.1, 0.15) is 11.6 Å². The van der Waals surface area contributed by atoms with Gasteiger partial charge in [-0.1, -0.05) is 48.5 Å². The molecule has 2 heterocycles. The lowest BCUT2D eigenvalue weighted by atomic mass is 10.1. The summed E-state index contributed by atoms with van der Waals surface area (Å²) in [5.41, 5.74) is 1.99. The van der Waals surface area contributed by atoms with Crippen molar-refractivity contribution >= 4 is 17.3 Å². The summed E-state index contributed by atoms with van der Waals surface area (Å²) < 4.78 is 5.57. The lowest BCUT2D eigenvalue weighted by Crippen LogP contribution is -2.30. The number of nitrogens with zero attached hydrogens (tertiary/aromatic N) is 2. The summed E-state index contributed by atoms with van der Waals surface area (Å²) >= 11 is 0. The molecule has 2 N–H and O–H groups in total. The SMILES string of the molecule is c1ccc(Nc2cc(NC3CCCOC3)nc(-c3ccccc3)n2)cc1. The highest BCUT2D eigenvalue weighted by Gasteiger charge is 2.15. The van der Waals surface area contributed by atoms with Crippen LogP contribution in [0.5, 0.6) is 0 Å². The Hall–Kier alpha value is -2.92. The van der Waals surface area contributed by atoms with Crippen LogP contribution < -0.4 is 10.6 Å². The van der Waals surface area contributed by atoms with Crippen molar-refractivity contribution in [3.63, 3.8) is 0 Å². The molecule has 1 fully saturated rings. The van der Waals surface area contributed by atoms with E-state index in [9.17, 15) is 0 Å². The maximum Gasteiger partial charge on any atom is 0.163 e. The number of nitrogens with one attached hydrogen (secondary N) is 2. The molecule has 132 valence electrons. The van der Waals surface area contributed by atoms with Gasteiger partial charge in [0.25, 0.3) is 0 Å². The van der Waals surface area contributed by atoms with Gasteiger partial charge in [0.15, 0.2) is 5.82 Å². The van der Waals surface area contributed by atoms with Crippen LogP contribution in [0.4, 0.5) is 17.3 Å². The quantitative estimate of drug-likeness (QED) is 0.713. The number of aromatic nitrogens is 2. The summed E-state index contributed by atoms with van der Waals surface area (Å²) in [5.74, 6) is 2.28. The molecule has 0 bridgehead atoms. The van der Waals surface area contributed by atoms with Crippen LogP contribution in [0.25, 0.3) is 11.4 Å². The Labute approximate surface area is 153 Å². The molecule has 0 aliphatic carbocycles. The Morgan fingerprint density at radius 3 is 2.35 bits per heavy atom. The average molecular weight is 346 g/mol. The van der Waals surface area contributed by atoms with Gasteiger partial charge in [-0.15, -0.1) is 0 Å². The summed E-state index contributed by atoms with van der Waals surface area (Å²) in [6.07, 6.45) is 2.16. The predicted molar refractivity (Wildman–Crippen MR) is 105 cm³/mol. The first-order valence-corrected chi connectivity index (χ1v) is 8.98. The first-order chi connectivity index (χ1) is 12.9. The van der Waals surface area contributed by atoms with Crippen molar-refractivity contribution in [1.82, 2.24) is 9.97 Å². The first-order valence-electron chi connectivity index (χ1n) is 8.98. The lowest BCUT2D eigenvalue weighted by molar-refractivity contribution is 0.0875. The molecule has 0 radical (unpaired) electrons. The Balaban J connectivity index is 1.64. The maximum atomic E-state index is 5.57. The third kappa shape index (κ3) is 4.18. The van der Waals surface area contributed by atoms with E-state index in [-0.39, 0.29) is 6.04 Å². The van der Waals surface area contributed by atoms with E-state index in [1.807, 2.05) is 66.7 Å². The van der Waals surface area contributed by atoms with Crippen LogP contribution in [-0.2, 0) is 4.74 Å². The minimum Gasteiger partial charge on any atom is -0.379 e.